The van der Waals surface area contributed by atoms with E-state index in [0.29, 0.717) is 6.54 Å². The molecule has 0 N–H and O–H groups in total. The summed E-state index contributed by atoms with van der Waals surface area (Å²) in [6.07, 6.45) is 2.16. The molecule has 5 rings (SSSR count). The minimum absolute atomic E-state index is 0.113. The van der Waals surface area contributed by atoms with Crippen molar-refractivity contribution in [2.75, 3.05) is 11.4 Å². The van der Waals surface area contributed by atoms with Crippen molar-refractivity contribution in [1.82, 2.24) is 20.2 Å². The molecular formula is C25H24FN5. The van der Waals surface area contributed by atoms with Crippen molar-refractivity contribution in [1.29, 1.82) is 0 Å². The Morgan fingerprint density at radius 1 is 0.968 bits per heavy atom. The Balaban J connectivity index is 1.59. The maximum Gasteiger partial charge on any atom is 0.178 e. The van der Waals surface area contributed by atoms with Gasteiger partial charge < -0.3 is 4.90 Å². The van der Waals surface area contributed by atoms with Crippen LogP contribution in [0.15, 0.2) is 72.8 Å². The normalized spacial score (nSPS) is 14.3. The zero-order valence-corrected chi connectivity index (χ0v) is 17.4. The van der Waals surface area contributed by atoms with Gasteiger partial charge in [-0.2, -0.15) is 0 Å². The second-order valence-electron chi connectivity index (χ2n) is 8.06. The van der Waals surface area contributed by atoms with Gasteiger partial charge in [0.15, 0.2) is 5.82 Å². The topological polar surface area (TPSA) is 46.8 Å². The van der Waals surface area contributed by atoms with Gasteiger partial charge in [-0.3, -0.25) is 0 Å². The number of rotatable bonds is 5. The quantitative estimate of drug-likeness (QED) is 0.475. The van der Waals surface area contributed by atoms with Gasteiger partial charge in [0.1, 0.15) is 11.9 Å². The first-order valence-corrected chi connectivity index (χ1v) is 10.6. The molecule has 1 aliphatic rings. The predicted molar refractivity (Wildman–Crippen MR) is 118 cm³/mol. The minimum atomic E-state index is -0.247. The first-order valence-electron chi connectivity index (χ1n) is 10.6. The van der Waals surface area contributed by atoms with E-state index in [1.165, 1.54) is 28.9 Å². The van der Waals surface area contributed by atoms with E-state index >= 15 is 0 Å². The summed E-state index contributed by atoms with van der Waals surface area (Å²) >= 11 is 0. The largest absolute Gasteiger partial charge is 0.357 e. The SMILES string of the molecule is Cc1ccc(C(c2nnnn2Cc2ccc(F)cc2)N2CCCc3ccccc32)cc1. The lowest BCUT2D eigenvalue weighted by molar-refractivity contribution is 0.556. The van der Waals surface area contributed by atoms with E-state index in [-0.39, 0.29) is 11.9 Å². The van der Waals surface area contributed by atoms with Crippen molar-refractivity contribution in [3.05, 3.63) is 107 Å². The van der Waals surface area contributed by atoms with Gasteiger partial charge in [-0.05, 0) is 65.1 Å². The molecule has 3 aromatic carbocycles. The lowest BCUT2D eigenvalue weighted by Crippen LogP contribution is -2.36. The number of aryl methyl sites for hydroxylation is 2. The Hall–Kier alpha value is -3.54. The third-order valence-corrected chi connectivity index (χ3v) is 5.90. The fourth-order valence-corrected chi connectivity index (χ4v) is 4.33. The summed E-state index contributed by atoms with van der Waals surface area (Å²) < 4.78 is 15.2. The van der Waals surface area contributed by atoms with Crippen LogP contribution < -0.4 is 4.90 Å². The zero-order chi connectivity index (χ0) is 21.2. The molecule has 156 valence electrons. The maximum atomic E-state index is 13.4. The van der Waals surface area contributed by atoms with Gasteiger partial charge in [0, 0.05) is 12.2 Å². The molecule has 1 atom stereocenters. The molecule has 31 heavy (non-hydrogen) atoms. The number of benzene rings is 3. The van der Waals surface area contributed by atoms with E-state index in [9.17, 15) is 4.39 Å². The summed E-state index contributed by atoms with van der Waals surface area (Å²) in [6, 6.07) is 23.5. The van der Waals surface area contributed by atoms with Crippen LogP contribution in [0.3, 0.4) is 0 Å². The lowest BCUT2D eigenvalue weighted by atomic mass is 9.96. The number of aromatic nitrogens is 4. The molecule has 1 aromatic heterocycles. The maximum absolute atomic E-state index is 13.4. The number of nitrogens with zero attached hydrogens (tertiary/aromatic N) is 5. The molecule has 0 amide bonds. The van der Waals surface area contributed by atoms with Crippen LogP contribution in [-0.2, 0) is 13.0 Å². The smallest absolute Gasteiger partial charge is 0.178 e. The van der Waals surface area contributed by atoms with Gasteiger partial charge >= 0.3 is 0 Å². The molecule has 0 fully saturated rings. The Morgan fingerprint density at radius 2 is 1.74 bits per heavy atom. The van der Waals surface area contributed by atoms with Crippen LogP contribution in [0, 0.1) is 12.7 Å². The van der Waals surface area contributed by atoms with E-state index in [4.69, 9.17) is 0 Å². The molecule has 4 aromatic rings. The molecule has 2 heterocycles. The fourth-order valence-electron chi connectivity index (χ4n) is 4.33. The van der Waals surface area contributed by atoms with E-state index in [2.05, 4.69) is 75.9 Å². The number of anilines is 1. The van der Waals surface area contributed by atoms with E-state index in [0.717, 1.165) is 36.3 Å². The minimum Gasteiger partial charge on any atom is -0.357 e. The number of para-hydroxylation sites is 1. The monoisotopic (exact) mass is 413 g/mol. The molecular weight excluding hydrogens is 389 g/mol. The average molecular weight is 414 g/mol. The van der Waals surface area contributed by atoms with E-state index in [1.54, 1.807) is 12.1 Å². The highest BCUT2D eigenvalue weighted by Gasteiger charge is 2.31. The molecule has 1 aliphatic heterocycles. The van der Waals surface area contributed by atoms with Crippen LogP contribution in [-0.4, -0.2) is 26.8 Å². The Bertz CT molecular complexity index is 1170. The van der Waals surface area contributed by atoms with Crippen LogP contribution in [0.4, 0.5) is 10.1 Å². The molecule has 0 bridgehead atoms. The number of tetrazole rings is 1. The highest BCUT2D eigenvalue weighted by Crippen LogP contribution is 2.37. The summed E-state index contributed by atoms with van der Waals surface area (Å²) in [5.41, 5.74) is 5.90. The van der Waals surface area contributed by atoms with Gasteiger partial charge in [0.25, 0.3) is 0 Å². The fraction of sp³-hybridized carbons (Fsp3) is 0.240. The summed E-state index contributed by atoms with van der Waals surface area (Å²) in [5.74, 6) is 0.535. The summed E-state index contributed by atoms with van der Waals surface area (Å²) in [6.45, 7) is 3.51. The van der Waals surface area contributed by atoms with Crippen molar-refractivity contribution < 1.29 is 4.39 Å². The molecule has 0 saturated carbocycles. The zero-order valence-electron chi connectivity index (χ0n) is 17.4. The van der Waals surface area contributed by atoms with Gasteiger partial charge in [-0.1, -0.05) is 60.2 Å². The van der Waals surface area contributed by atoms with E-state index in [1.807, 2.05) is 4.68 Å². The van der Waals surface area contributed by atoms with Crippen LogP contribution in [0.1, 0.15) is 40.5 Å². The van der Waals surface area contributed by atoms with Crippen LogP contribution in [0.5, 0.6) is 0 Å². The molecule has 0 saturated heterocycles. The Labute approximate surface area is 181 Å². The Kier molecular flexibility index (Phi) is 5.20. The number of halogens is 1. The first kappa shape index (κ1) is 19.4. The summed E-state index contributed by atoms with van der Waals surface area (Å²) in [5, 5.41) is 12.8. The standard InChI is InChI=1S/C25H24FN5/c1-18-8-12-21(13-9-18)24(30-16-4-6-20-5-2-3-7-23(20)30)25-27-28-29-31(25)17-19-10-14-22(26)15-11-19/h2-3,5,7-15,24H,4,6,16-17H2,1H3. The lowest BCUT2D eigenvalue weighted by Gasteiger charge is -2.37. The third kappa shape index (κ3) is 3.93. The van der Waals surface area contributed by atoms with E-state index < -0.39 is 0 Å². The molecule has 5 nitrogen and oxygen atoms in total. The van der Waals surface area contributed by atoms with Crippen LogP contribution in [0.2, 0.25) is 0 Å². The highest BCUT2D eigenvalue weighted by atomic mass is 19.1. The average Bonchev–Trinajstić information content (AvgIpc) is 3.24. The molecule has 1 unspecified atom stereocenters. The third-order valence-electron chi connectivity index (χ3n) is 5.90. The van der Waals surface area contributed by atoms with Gasteiger partial charge in [-0.25, -0.2) is 9.07 Å². The first-order chi connectivity index (χ1) is 15.2. The van der Waals surface area contributed by atoms with Gasteiger partial charge in [-0.15, -0.1) is 5.10 Å². The summed E-state index contributed by atoms with van der Waals surface area (Å²) in [7, 11) is 0. The second-order valence-corrected chi connectivity index (χ2v) is 8.06. The van der Waals surface area contributed by atoms with Gasteiger partial charge in [0.2, 0.25) is 0 Å². The summed E-state index contributed by atoms with van der Waals surface area (Å²) in [4.78, 5) is 2.41. The van der Waals surface area contributed by atoms with Crippen LogP contribution >= 0.6 is 0 Å². The van der Waals surface area contributed by atoms with Gasteiger partial charge in [0.05, 0.1) is 6.54 Å². The van der Waals surface area contributed by atoms with Crippen molar-refractivity contribution in [3.8, 4) is 0 Å². The predicted octanol–water partition coefficient (Wildman–Crippen LogP) is 4.71. The number of fused-ring (bicyclic) bond motifs is 1. The highest BCUT2D eigenvalue weighted by molar-refractivity contribution is 5.58. The molecule has 0 radical (unpaired) electrons. The van der Waals surface area contributed by atoms with Crippen molar-refractivity contribution in [2.45, 2.75) is 32.4 Å². The molecule has 0 aliphatic carbocycles. The Morgan fingerprint density at radius 3 is 2.55 bits per heavy atom. The second kappa shape index (κ2) is 8.30. The molecule has 6 heteroatoms. The van der Waals surface area contributed by atoms with Crippen molar-refractivity contribution in [3.63, 3.8) is 0 Å². The van der Waals surface area contributed by atoms with Crippen molar-refractivity contribution >= 4 is 5.69 Å². The number of hydrogen-bond donors (Lipinski definition) is 0. The van der Waals surface area contributed by atoms with Crippen molar-refractivity contribution in [2.24, 2.45) is 0 Å². The number of hydrogen-bond acceptors (Lipinski definition) is 4. The van der Waals surface area contributed by atoms with Crippen LogP contribution in [0.25, 0.3) is 0 Å². The molecule has 0 spiro atoms.